The van der Waals surface area contributed by atoms with Crippen LogP contribution in [0.3, 0.4) is 0 Å². The summed E-state index contributed by atoms with van der Waals surface area (Å²) in [5.74, 6) is 2.14. The second-order valence-corrected chi connectivity index (χ2v) is 4.37. The number of hydrogen-bond acceptors (Lipinski definition) is 4. The lowest BCUT2D eigenvalue weighted by atomic mass is 9.77. The van der Waals surface area contributed by atoms with E-state index in [-0.39, 0.29) is 30.5 Å². The second kappa shape index (κ2) is 3.34. The summed E-state index contributed by atoms with van der Waals surface area (Å²) in [5, 5.41) is 0. The highest BCUT2D eigenvalue weighted by atomic mass is 16.6. The van der Waals surface area contributed by atoms with Gasteiger partial charge in [-0.2, -0.15) is 0 Å². The van der Waals surface area contributed by atoms with Crippen LogP contribution in [0.5, 0.6) is 0 Å². The zero-order valence-corrected chi connectivity index (χ0v) is 8.72. The maximum absolute atomic E-state index is 11.7. The smallest absolute Gasteiger partial charge is 0.312 e. The summed E-state index contributed by atoms with van der Waals surface area (Å²) in [6, 6.07) is 0. The SMILES string of the molecule is C#CCOCC12C=CC(O1)C1COC(=O)C12. The predicted octanol–water partition coefficient (Wildman–Crippen LogP) is 0.133. The molecule has 0 aromatic rings. The first-order valence-electron chi connectivity index (χ1n) is 5.32. The van der Waals surface area contributed by atoms with Gasteiger partial charge in [-0.05, 0) is 0 Å². The monoisotopic (exact) mass is 220 g/mol. The zero-order valence-electron chi connectivity index (χ0n) is 8.72. The average molecular weight is 220 g/mol. The van der Waals surface area contributed by atoms with Crippen LogP contribution in [0.1, 0.15) is 0 Å². The molecule has 0 aromatic carbocycles. The van der Waals surface area contributed by atoms with E-state index in [0.717, 1.165) is 0 Å². The van der Waals surface area contributed by atoms with Crippen LogP contribution in [0, 0.1) is 24.2 Å². The Morgan fingerprint density at radius 3 is 3.38 bits per heavy atom. The summed E-state index contributed by atoms with van der Waals surface area (Å²) in [6.07, 6.45) is 9.02. The van der Waals surface area contributed by atoms with Gasteiger partial charge in [0.05, 0.1) is 19.3 Å². The van der Waals surface area contributed by atoms with E-state index >= 15 is 0 Å². The van der Waals surface area contributed by atoms with Crippen molar-refractivity contribution in [3.63, 3.8) is 0 Å². The van der Waals surface area contributed by atoms with Crippen molar-refractivity contribution >= 4 is 5.97 Å². The molecule has 4 atom stereocenters. The number of carbonyl (C=O) groups is 1. The van der Waals surface area contributed by atoms with E-state index in [4.69, 9.17) is 20.6 Å². The number of terminal acetylenes is 1. The van der Waals surface area contributed by atoms with Crippen molar-refractivity contribution in [3.8, 4) is 12.3 Å². The van der Waals surface area contributed by atoms with Gasteiger partial charge < -0.3 is 14.2 Å². The minimum Gasteiger partial charge on any atom is -0.465 e. The van der Waals surface area contributed by atoms with E-state index < -0.39 is 5.60 Å². The summed E-state index contributed by atoms with van der Waals surface area (Å²) in [4.78, 5) is 11.7. The predicted molar refractivity (Wildman–Crippen MR) is 54.3 cm³/mol. The Morgan fingerprint density at radius 2 is 2.56 bits per heavy atom. The third kappa shape index (κ3) is 1.16. The molecule has 0 saturated carbocycles. The Bertz CT molecular complexity index is 394. The maximum atomic E-state index is 11.7. The molecule has 3 rings (SSSR count). The summed E-state index contributed by atoms with van der Waals surface area (Å²) >= 11 is 0. The molecule has 0 N–H and O–H groups in total. The van der Waals surface area contributed by atoms with Gasteiger partial charge in [0.2, 0.25) is 0 Å². The number of esters is 1. The fourth-order valence-electron chi connectivity index (χ4n) is 2.82. The molecule has 3 aliphatic heterocycles. The largest absolute Gasteiger partial charge is 0.465 e. The van der Waals surface area contributed by atoms with Crippen molar-refractivity contribution in [1.29, 1.82) is 0 Å². The fourth-order valence-corrected chi connectivity index (χ4v) is 2.82. The van der Waals surface area contributed by atoms with Crippen LogP contribution in [0.2, 0.25) is 0 Å². The van der Waals surface area contributed by atoms with Crippen molar-refractivity contribution in [2.45, 2.75) is 11.7 Å². The van der Waals surface area contributed by atoms with Gasteiger partial charge in [-0.3, -0.25) is 4.79 Å². The highest BCUT2D eigenvalue weighted by Crippen LogP contribution is 2.50. The van der Waals surface area contributed by atoms with Crippen LogP contribution < -0.4 is 0 Å². The molecule has 84 valence electrons. The highest BCUT2D eigenvalue weighted by Gasteiger charge is 2.63. The normalized spacial score (nSPS) is 43.2. The first kappa shape index (κ1) is 9.88. The number of hydrogen-bond donors (Lipinski definition) is 0. The third-order valence-corrected chi connectivity index (χ3v) is 3.49. The van der Waals surface area contributed by atoms with Gasteiger partial charge >= 0.3 is 5.97 Å². The topological polar surface area (TPSA) is 44.8 Å². The molecular weight excluding hydrogens is 208 g/mol. The molecule has 2 bridgehead atoms. The van der Waals surface area contributed by atoms with E-state index in [1.54, 1.807) is 0 Å². The van der Waals surface area contributed by atoms with E-state index in [0.29, 0.717) is 13.2 Å². The third-order valence-electron chi connectivity index (χ3n) is 3.49. The van der Waals surface area contributed by atoms with E-state index in [1.807, 2.05) is 12.2 Å². The lowest BCUT2D eigenvalue weighted by molar-refractivity contribution is -0.149. The number of ether oxygens (including phenoxy) is 3. The van der Waals surface area contributed by atoms with E-state index in [2.05, 4.69) is 5.92 Å². The molecule has 4 unspecified atom stereocenters. The van der Waals surface area contributed by atoms with Gasteiger partial charge in [-0.25, -0.2) is 0 Å². The Balaban J connectivity index is 1.81. The first-order valence-corrected chi connectivity index (χ1v) is 5.32. The van der Waals surface area contributed by atoms with Crippen molar-refractivity contribution in [3.05, 3.63) is 12.2 Å². The van der Waals surface area contributed by atoms with Crippen LogP contribution in [-0.2, 0) is 19.0 Å². The van der Waals surface area contributed by atoms with Gasteiger partial charge in [-0.15, -0.1) is 6.42 Å². The van der Waals surface area contributed by atoms with Crippen molar-refractivity contribution in [2.75, 3.05) is 19.8 Å². The van der Waals surface area contributed by atoms with Gasteiger partial charge in [0.25, 0.3) is 0 Å². The van der Waals surface area contributed by atoms with Crippen LogP contribution in [0.4, 0.5) is 0 Å². The molecule has 4 nitrogen and oxygen atoms in total. The highest BCUT2D eigenvalue weighted by molar-refractivity contribution is 5.78. The molecule has 3 aliphatic rings. The lowest BCUT2D eigenvalue weighted by Crippen LogP contribution is -2.42. The number of cyclic esters (lactones) is 1. The number of fused-ring (bicyclic) bond motifs is 5. The number of rotatable bonds is 3. The molecule has 0 radical (unpaired) electrons. The Hall–Kier alpha value is -1.31. The minimum absolute atomic E-state index is 0.00844. The van der Waals surface area contributed by atoms with Crippen molar-refractivity contribution in [1.82, 2.24) is 0 Å². The summed E-state index contributed by atoms with van der Waals surface area (Å²) in [5.41, 5.74) is -0.639. The molecule has 0 aromatic heterocycles. The van der Waals surface area contributed by atoms with Crippen LogP contribution in [0.25, 0.3) is 0 Å². The van der Waals surface area contributed by atoms with E-state index in [1.165, 1.54) is 0 Å². The average Bonchev–Trinajstić information content (AvgIpc) is 2.91. The second-order valence-electron chi connectivity index (χ2n) is 4.37. The first-order chi connectivity index (χ1) is 7.77. The van der Waals surface area contributed by atoms with Gasteiger partial charge in [0.15, 0.2) is 0 Å². The lowest BCUT2D eigenvalue weighted by Gasteiger charge is -2.26. The fraction of sp³-hybridized carbons (Fsp3) is 0.583. The standard InChI is InChI=1S/C12H12O4/c1-2-5-14-7-12-4-3-9(16-12)8-6-15-11(13)10(8)12/h1,3-4,8-10H,5-7H2. The van der Waals surface area contributed by atoms with Gasteiger partial charge in [0.1, 0.15) is 18.1 Å². The molecule has 16 heavy (non-hydrogen) atoms. The maximum Gasteiger partial charge on any atom is 0.312 e. The zero-order chi connectivity index (χ0) is 11.2. The van der Waals surface area contributed by atoms with Gasteiger partial charge in [0, 0.05) is 5.92 Å². The Morgan fingerprint density at radius 1 is 1.69 bits per heavy atom. The molecular formula is C12H12O4. The van der Waals surface area contributed by atoms with Crippen LogP contribution in [0.15, 0.2) is 12.2 Å². The van der Waals surface area contributed by atoms with Crippen LogP contribution >= 0.6 is 0 Å². The van der Waals surface area contributed by atoms with Crippen molar-refractivity contribution in [2.24, 2.45) is 11.8 Å². The molecule has 2 saturated heterocycles. The Labute approximate surface area is 93.5 Å². The Kier molecular flexibility index (Phi) is 2.06. The quantitative estimate of drug-likeness (QED) is 0.293. The summed E-state index contributed by atoms with van der Waals surface area (Å²) in [6.45, 7) is 1.01. The molecule has 0 spiro atoms. The van der Waals surface area contributed by atoms with Crippen molar-refractivity contribution < 1.29 is 19.0 Å². The molecule has 0 aliphatic carbocycles. The van der Waals surface area contributed by atoms with E-state index in [9.17, 15) is 4.79 Å². The molecule has 2 fully saturated rings. The summed E-state index contributed by atoms with van der Waals surface area (Å²) < 4.78 is 16.2. The van der Waals surface area contributed by atoms with Gasteiger partial charge in [-0.1, -0.05) is 18.1 Å². The van der Waals surface area contributed by atoms with Crippen LogP contribution in [-0.4, -0.2) is 37.5 Å². The number of carbonyl (C=O) groups excluding carboxylic acids is 1. The molecule has 0 amide bonds. The molecule has 3 heterocycles. The minimum atomic E-state index is -0.639. The molecule has 4 heteroatoms. The summed E-state index contributed by atoms with van der Waals surface area (Å²) in [7, 11) is 0.